The van der Waals surface area contributed by atoms with Crippen molar-refractivity contribution in [3.63, 3.8) is 0 Å². The van der Waals surface area contributed by atoms with Crippen LogP contribution in [0.4, 0.5) is 0 Å². The zero-order valence-corrected chi connectivity index (χ0v) is 12.1. The molecule has 0 aromatic carbocycles. The highest BCUT2D eigenvalue weighted by molar-refractivity contribution is 5.07. The van der Waals surface area contributed by atoms with Gasteiger partial charge in [0, 0.05) is 0 Å². The van der Waals surface area contributed by atoms with E-state index in [2.05, 4.69) is 41.5 Å². The minimum absolute atomic E-state index is 0.495. The number of fused-ring (bicyclic) bond motifs is 1. The third-order valence-electron chi connectivity index (χ3n) is 5.68. The maximum Gasteiger partial charge on any atom is -0.0210 e. The van der Waals surface area contributed by atoms with E-state index in [1.54, 1.807) is 0 Å². The van der Waals surface area contributed by atoms with Crippen LogP contribution in [0.3, 0.4) is 0 Å². The van der Waals surface area contributed by atoms with Crippen LogP contribution < -0.4 is 0 Å². The van der Waals surface area contributed by atoms with Crippen molar-refractivity contribution in [2.24, 2.45) is 34.5 Å². The monoisotopic (exact) mass is 222 g/mol. The van der Waals surface area contributed by atoms with E-state index < -0.39 is 0 Å². The first kappa shape index (κ1) is 12.5. The predicted octanol–water partition coefficient (Wildman–Crippen LogP) is 5.13. The van der Waals surface area contributed by atoms with Gasteiger partial charge in [0.15, 0.2) is 0 Å². The average molecular weight is 222 g/mol. The van der Waals surface area contributed by atoms with Crippen molar-refractivity contribution in [3.8, 4) is 0 Å². The summed E-state index contributed by atoms with van der Waals surface area (Å²) in [5, 5.41) is 0. The van der Waals surface area contributed by atoms with E-state index in [-0.39, 0.29) is 0 Å². The van der Waals surface area contributed by atoms with Gasteiger partial charge in [0.05, 0.1) is 0 Å². The zero-order valence-electron chi connectivity index (χ0n) is 12.1. The molecule has 0 spiro atoms. The van der Waals surface area contributed by atoms with Crippen LogP contribution in [0.1, 0.15) is 67.2 Å². The molecule has 0 radical (unpaired) electrons. The molecule has 2 rings (SSSR count). The first-order valence-corrected chi connectivity index (χ1v) is 7.27. The summed E-state index contributed by atoms with van der Waals surface area (Å²) >= 11 is 0. The molecule has 2 fully saturated rings. The second-order valence-corrected chi connectivity index (χ2v) is 8.05. The maximum absolute atomic E-state index is 2.53. The molecule has 16 heavy (non-hydrogen) atoms. The van der Waals surface area contributed by atoms with Crippen molar-refractivity contribution in [2.45, 2.75) is 67.2 Å². The number of hydrogen-bond acceptors (Lipinski definition) is 0. The number of rotatable bonds is 1. The third-order valence-corrected chi connectivity index (χ3v) is 5.68. The SMILES string of the molecule is CC1CC(C)C2(CC(C)(C)C)C(C)CCC12. The van der Waals surface area contributed by atoms with E-state index in [1.807, 2.05) is 0 Å². The lowest BCUT2D eigenvalue weighted by Gasteiger charge is -2.43. The van der Waals surface area contributed by atoms with Crippen molar-refractivity contribution >= 4 is 0 Å². The van der Waals surface area contributed by atoms with Gasteiger partial charge in [0.2, 0.25) is 0 Å². The first-order chi connectivity index (χ1) is 7.27. The summed E-state index contributed by atoms with van der Waals surface area (Å²) in [5.41, 5.74) is 1.17. The maximum atomic E-state index is 2.53. The molecule has 0 nitrogen and oxygen atoms in total. The molecule has 0 amide bonds. The topological polar surface area (TPSA) is 0 Å². The third kappa shape index (κ3) is 1.73. The Hall–Kier alpha value is 0. The Morgan fingerprint density at radius 3 is 2.19 bits per heavy atom. The summed E-state index contributed by atoms with van der Waals surface area (Å²) in [7, 11) is 0. The molecule has 0 aromatic rings. The Bertz CT molecular complexity index is 260. The standard InChI is InChI=1S/C16H30/c1-11-9-13(3)16(10-15(4,5)6)12(2)7-8-14(11)16/h11-14H,7-10H2,1-6H3. The van der Waals surface area contributed by atoms with Crippen LogP contribution in [0, 0.1) is 34.5 Å². The predicted molar refractivity (Wildman–Crippen MR) is 71.3 cm³/mol. The first-order valence-electron chi connectivity index (χ1n) is 7.27. The molecule has 2 aliphatic carbocycles. The van der Waals surface area contributed by atoms with Gasteiger partial charge < -0.3 is 0 Å². The molecule has 2 aliphatic rings. The van der Waals surface area contributed by atoms with Crippen LogP contribution in [0.5, 0.6) is 0 Å². The lowest BCUT2D eigenvalue weighted by molar-refractivity contribution is 0.0506. The van der Waals surface area contributed by atoms with Crippen LogP contribution in [-0.4, -0.2) is 0 Å². The van der Waals surface area contributed by atoms with Gasteiger partial charge >= 0.3 is 0 Å². The van der Waals surface area contributed by atoms with Crippen molar-refractivity contribution < 1.29 is 0 Å². The molecule has 0 heterocycles. The summed E-state index contributed by atoms with van der Waals surface area (Å²) in [4.78, 5) is 0. The van der Waals surface area contributed by atoms with Crippen LogP contribution in [-0.2, 0) is 0 Å². The molecule has 5 unspecified atom stereocenters. The summed E-state index contributed by atoms with van der Waals surface area (Å²) in [6.07, 6.45) is 5.90. The fraction of sp³-hybridized carbons (Fsp3) is 1.00. The van der Waals surface area contributed by atoms with Crippen molar-refractivity contribution in [1.82, 2.24) is 0 Å². The lowest BCUT2D eigenvalue weighted by Crippen LogP contribution is -2.37. The smallest absolute Gasteiger partial charge is 0.0210 e. The summed E-state index contributed by atoms with van der Waals surface area (Å²) < 4.78 is 0. The summed E-state index contributed by atoms with van der Waals surface area (Å²) in [6, 6.07) is 0. The molecular formula is C16H30. The highest BCUT2D eigenvalue weighted by Crippen LogP contribution is 2.65. The van der Waals surface area contributed by atoms with Gasteiger partial charge in [-0.25, -0.2) is 0 Å². The van der Waals surface area contributed by atoms with Crippen LogP contribution in [0.25, 0.3) is 0 Å². The fourth-order valence-corrected chi connectivity index (χ4v) is 5.34. The number of hydrogen-bond donors (Lipinski definition) is 0. The molecular weight excluding hydrogens is 192 g/mol. The minimum Gasteiger partial charge on any atom is -0.0622 e. The molecule has 0 aliphatic heterocycles. The van der Waals surface area contributed by atoms with Gasteiger partial charge in [-0.3, -0.25) is 0 Å². The molecule has 94 valence electrons. The molecule has 5 atom stereocenters. The molecule has 0 heteroatoms. The van der Waals surface area contributed by atoms with E-state index in [4.69, 9.17) is 0 Å². The van der Waals surface area contributed by atoms with Crippen molar-refractivity contribution in [3.05, 3.63) is 0 Å². The molecule has 2 saturated carbocycles. The van der Waals surface area contributed by atoms with Gasteiger partial charge in [-0.05, 0) is 60.2 Å². The Labute approximate surface area is 102 Å². The Kier molecular flexibility index (Phi) is 2.92. The van der Waals surface area contributed by atoms with Gasteiger partial charge in [0.1, 0.15) is 0 Å². The minimum atomic E-state index is 0.495. The van der Waals surface area contributed by atoms with Crippen molar-refractivity contribution in [1.29, 1.82) is 0 Å². The second kappa shape index (κ2) is 3.75. The van der Waals surface area contributed by atoms with E-state index in [0.717, 1.165) is 23.7 Å². The van der Waals surface area contributed by atoms with Crippen molar-refractivity contribution in [2.75, 3.05) is 0 Å². The largest absolute Gasteiger partial charge is 0.0622 e. The quantitative estimate of drug-likeness (QED) is 0.577. The van der Waals surface area contributed by atoms with E-state index in [9.17, 15) is 0 Å². The molecule has 0 N–H and O–H groups in total. The second-order valence-electron chi connectivity index (χ2n) is 8.05. The Morgan fingerprint density at radius 1 is 1.00 bits per heavy atom. The van der Waals surface area contributed by atoms with Gasteiger partial charge in [0.25, 0.3) is 0 Å². The van der Waals surface area contributed by atoms with E-state index in [1.165, 1.54) is 25.7 Å². The Balaban J connectivity index is 2.32. The van der Waals surface area contributed by atoms with Gasteiger partial charge in [-0.2, -0.15) is 0 Å². The molecule has 0 aromatic heterocycles. The Morgan fingerprint density at radius 2 is 1.62 bits per heavy atom. The van der Waals surface area contributed by atoms with Gasteiger partial charge in [-0.15, -0.1) is 0 Å². The summed E-state index contributed by atoms with van der Waals surface area (Å²) in [5.74, 6) is 3.90. The van der Waals surface area contributed by atoms with E-state index >= 15 is 0 Å². The zero-order chi connectivity index (χ0) is 12.1. The van der Waals surface area contributed by atoms with E-state index in [0.29, 0.717) is 10.8 Å². The van der Waals surface area contributed by atoms with Gasteiger partial charge in [-0.1, -0.05) is 41.5 Å². The van der Waals surface area contributed by atoms with Crippen LogP contribution in [0.15, 0.2) is 0 Å². The average Bonchev–Trinajstić information content (AvgIpc) is 2.52. The normalized spacial score (nSPS) is 48.4. The highest BCUT2D eigenvalue weighted by Gasteiger charge is 2.58. The fourth-order valence-electron chi connectivity index (χ4n) is 5.34. The van der Waals surface area contributed by atoms with Crippen LogP contribution in [0.2, 0.25) is 0 Å². The lowest BCUT2D eigenvalue weighted by atomic mass is 9.61. The van der Waals surface area contributed by atoms with Crippen LogP contribution >= 0.6 is 0 Å². The molecule has 0 bridgehead atoms. The summed E-state index contributed by atoms with van der Waals surface area (Å²) in [6.45, 7) is 14.9. The molecule has 0 saturated heterocycles. The highest BCUT2D eigenvalue weighted by atomic mass is 14.6.